The van der Waals surface area contributed by atoms with E-state index in [-0.39, 0.29) is 23.6 Å². The summed E-state index contributed by atoms with van der Waals surface area (Å²) < 4.78 is 48.6. The fourth-order valence-corrected chi connectivity index (χ4v) is 5.05. The minimum absolute atomic E-state index is 0.0104. The fourth-order valence-electron chi connectivity index (χ4n) is 5.05. The molecule has 3 heterocycles. The molecule has 2 saturated heterocycles. The summed E-state index contributed by atoms with van der Waals surface area (Å²) in [5, 5.41) is 15.6. The zero-order chi connectivity index (χ0) is 30.6. The molecule has 2 aliphatic rings. The molecule has 1 aromatic carbocycles. The Kier molecular flexibility index (Phi) is 10.1. The van der Waals surface area contributed by atoms with Crippen LogP contribution in [0.4, 0.5) is 30.4 Å². The number of alkyl halides is 3. The molecule has 8 nitrogen and oxygen atoms in total. The molecule has 0 saturated carbocycles. The lowest BCUT2D eigenvalue weighted by Crippen LogP contribution is -2.47. The van der Waals surface area contributed by atoms with Crippen molar-refractivity contribution in [2.45, 2.75) is 51.3 Å². The standard InChI is InChI=1S/C25H34BF3N6O2.C2H4.H2/c1-26(37)33-23-14-17(4-9-31-23)16-34-10-5-18(6-11-34)24(36)35-12-7-20(8-13-35)32-22-3-2-19(15-21(22)30)25(27,28)29;1-2;/h2-4,9,14-15,18,20,32,37H,5-8,10-13,16,30H2,1H3,(H,31,33);1-2H2;1H/i;;1+1D. The van der Waals surface area contributed by atoms with Gasteiger partial charge in [-0.05, 0) is 81.5 Å². The van der Waals surface area contributed by atoms with E-state index in [0.29, 0.717) is 24.6 Å². The number of halogens is 3. The van der Waals surface area contributed by atoms with Crippen molar-refractivity contribution in [1.82, 2.24) is 14.8 Å². The van der Waals surface area contributed by atoms with E-state index in [2.05, 4.69) is 33.6 Å². The van der Waals surface area contributed by atoms with Crippen molar-refractivity contribution in [1.29, 1.82) is 0 Å². The Hall–Kier alpha value is -3.25. The summed E-state index contributed by atoms with van der Waals surface area (Å²) >= 11 is 0. The maximum Gasteiger partial charge on any atom is 0.416 e. The van der Waals surface area contributed by atoms with Crippen LogP contribution < -0.4 is 16.3 Å². The van der Waals surface area contributed by atoms with Gasteiger partial charge in [-0.1, -0.05) is 0 Å². The number of pyridine rings is 1. The van der Waals surface area contributed by atoms with Gasteiger partial charge in [0.15, 0.2) is 0 Å². The van der Waals surface area contributed by atoms with Crippen LogP contribution in [-0.4, -0.2) is 65.0 Å². The number of likely N-dealkylation sites (tertiary alicyclic amines) is 2. The van der Waals surface area contributed by atoms with Gasteiger partial charge in [0, 0.05) is 40.8 Å². The molecule has 0 bridgehead atoms. The van der Waals surface area contributed by atoms with E-state index < -0.39 is 18.8 Å². The van der Waals surface area contributed by atoms with Crippen LogP contribution in [0.3, 0.4) is 0 Å². The van der Waals surface area contributed by atoms with E-state index in [1.54, 1.807) is 13.0 Å². The molecule has 5 N–H and O–H groups in total. The minimum Gasteiger partial charge on any atom is -0.433 e. The first kappa shape index (κ1) is 28.8. The summed E-state index contributed by atoms with van der Waals surface area (Å²) in [6, 6.07) is 7.30. The van der Waals surface area contributed by atoms with Gasteiger partial charge in [-0.15, -0.1) is 13.2 Å². The summed E-state index contributed by atoms with van der Waals surface area (Å²) in [5.41, 5.74) is 6.75. The van der Waals surface area contributed by atoms with Crippen LogP contribution in [0.25, 0.3) is 0 Å². The van der Waals surface area contributed by atoms with Gasteiger partial charge in [-0.3, -0.25) is 9.69 Å². The number of hydrogen-bond acceptors (Lipinski definition) is 7. The van der Waals surface area contributed by atoms with Crippen LogP contribution in [0.1, 0.15) is 39.8 Å². The smallest absolute Gasteiger partial charge is 0.416 e. The van der Waals surface area contributed by atoms with E-state index in [1.807, 2.05) is 17.0 Å². The maximum atomic E-state index is 13.1. The van der Waals surface area contributed by atoms with E-state index in [1.165, 1.54) is 6.07 Å². The van der Waals surface area contributed by atoms with Crippen molar-refractivity contribution in [2.75, 3.05) is 42.5 Å². The second kappa shape index (κ2) is 13.7. The quantitative estimate of drug-likeness (QED) is 0.227. The molecule has 0 aliphatic carbocycles. The highest BCUT2D eigenvalue weighted by molar-refractivity contribution is 6.52. The summed E-state index contributed by atoms with van der Waals surface area (Å²) in [7, 11) is -0.673. The van der Waals surface area contributed by atoms with Crippen molar-refractivity contribution in [3.63, 3.8) is 0 Å². The SMILES string of the molecule is C=C.CB(O)Nc1cc(CN2CCC(C(=O)N3CCC(Nc4ccc(C(F)(F)F)cc4N)CC3)CC2)ccn1.[2H][2H]. The van der Waals surface area contributed by atoms with Crippen molar-refractivity contribution in [2.24, 2.45) is 5.92 Å². The fraction of sp³-hybridized carbons (Fsp3) is 0.481. The molecule has 0 atom stereocenters. The highest BCUT2D eigenvalue weighted by Crippen LogP contribution is 2.33. The largest absolute Gasteiger partial charge is 0.433 e. The van der Waals surface area contributed by atoms with Gasteiger partial charge in [0.2, 0.25) is 5.91 Å². The number of amides is 1. The highest BCUT2D eigenvalue weighted by Gasteiger charge is 2.32. The average Bonchev–Trinajstić information content (AvgIpc) is 2.96. The van der Waals surface area contributed by atoms with Gasteiger partial charge in [-0.2, -0.15) is 13.2 Å². The molecule has 0 spiro atoms. The lowest BCUT2D eigenvalue weighted by molar-refractivity contribution is -0.138. The van der Waals surface area contributed by atoms with Crippen LogP contribution in [0, 0.1) is 5.92 Å². The number of nitrogens with zero attached hydrogens (tertiary/aromatic N) is 3. The zero-order valence-electron chi connectivity index (χ0n) is 24.4. The van der Waals surface area contributed by atoms with Gasteiger partial charge < -0.3 is 26.2 Å². The number of hydrogen-bond donors (Lipinski definition) is 4. The van der Waals surface area contributed by atoms with Gasteiger partial charge in [0.1, 0.15) is 5.82 Å². The van der Waals surface area contributed by atoms with Crippen molar-refractivity contribution >= 4 is 30.2 Å². The lowest BCUT2D eigenvalue weighted by Gasteiger charge is -2.37. The Morgan fingerprint density at radius 1 is 1.18 bits per heavy atom. The minimum atomic E-state index is -4.42. The summed E-state index contributed by atoms with van der Waals surface area (Å²) in [6.45, 7) is 11.3. The Morgan fingerprint density at radius 2 is 1.85 bits per heavy atom. The molecule has 214 valence electrons. The Morgan fingerprint density at radius 3 is 2.44 bits per heavy atom. The number of carbonyl (C=O) groups is 1. The van der Waals surface area contributed by atoms with Crippen LogP contribution in [0.15, 0.2) is 49.7 Å². The molecule has 0 unspecified atom stereocenters. The number of nitrogens with two attached hydrogens (primary N) is 1. The molecule has 0 radical (unpaired) electrons. The van der Waals surface area contributed by atoms with Crippen molar-refractivity contribution < 1.29 is 26.0 Å². The van der Waals surface area contributed by atoms with Crippen molar-refractivity contribution in [3.05, 3.63) is 60.8 Å². The first-order chi connectivity index (χ1) is 19.6. The topological polar surface area (TPSA) is 107 Å². The zero-order valence-corrected chi connectivity index (χ0v) is 22.4. The van der Waals surface area contributed by atoms with Crippen LogP contribution in [-0.2, 0) is 17.5 Å². The number of nitrogens with one attached hydrogen (secondary N) is 2. The van der Waals surface area contributed by atoms with Gasteiger partial charge in [-0.25, -0.2) is 4.98 Å². The molecule has 2 aliphatic heterocycles. The second-order valence-corrected chi connectivity index (χ2v) is 9.96. The summed E-state index contributed by atoms with van der Waals surface area (Å²) in [4.78, 5) is 21.6. The van der Waals surface area contributed by atoms with Crippen LogP contribution in [0.2, 0.25) is 6.82 Å². The monoisotopic (exact) mass is 550 g/mol. The molecule has 2 fully saturated rings. The summed E-state index contributed by atoms with van der Waals surface area (Å²) in [6.07, 6.45) is 0.353. The van der Waals surface area contributed by atoms with Crippen LogP contribution in [0.5, 0.6) is 0 Å². The van der Waals surface area contributed by atoms with E-state index in [9.17, 15) is 23.0 Å². The molecular formula is C27H40BF3N6O2. The predicted molar refractivity (Wildman–Crippen MR) is 152 cm³/mol. The van der Waals surface area contributed by atoms with Gasteiger partial charge >= 0.3 is 13.2 Å². The Bertz CT molecular complexity index is 1100. The third-order valence-corrected chi connectivity index (χ3v) is 7.07. The third kappa shape index (κ3) is 8.62. The number of carbonyl (C=O) groups excluding carboxylic acids is 1. The normalized spacial score (nSPS) is 17.4. The Labute approximate surface area is 231 Å². The molecule has 1 aromatic heterocycles. The molecule has 2 aromatic rings. The lowest BCUT2D eigenvalue weighted by atomic mass is 9.89. The van der Waals surface area contributed by atoms with E-state index in [0.717, 1.165) is 63.0 Å². The van der Waals surface area contributed by atoms with Crippen LogP contribution >= 0.6 is 0 Å². The molecular weight excluding hydrogens is 508 g/mol. The van der Waals surface area contributed by atoms with Gasteiger partial charge in [0.05, 0.1) is 16.9 Å². The number of nitrogen functional groups attached to an aromatic ring is 1. The Balaban J connectivity index is 0.00000141. The molecule has 1 amide bonds. The van der Waals surface area contributed by atoms with Crippen molar-refractivity contribution in [3.8, 4) is 0 Å². The van der Waals surface area contributed by atoms with Gasteiger partial charge in [0.25, 0.3) is 0 Å². The molecule has 39 heavy (non-hydrogen) atoms. The number of aromatic nitrogens is 1. The number of piperidine rings is 2. The predicted octanol–water partition coefficient (Wildman–Crippen LogP) is 4.57. The average molecular weight is 550 g/mol. The van der Waals surface area contributed by atoms with E-state index in [4.69, 9.17) is 8.70 Å². The number of benzene rings is 1. The molecule has 4 rings (SSSR count). The highest BCUT2D eigenvalue weighted by atomic mass is 19.4. The third-order valence-electron chi connectivity index (χ3n) is 7.07. The maximum absolute atomic E-state index is 13.1. The summed E-state index contributed by atoms with van der Waals surface area (Å²) in [5.74, 6) is 0.840. The molecule has 12 heteroatoms. The second-order valence-electron chi connectivity index (χ2n) is 9.96. The first-order valence-electron chi connectivity index (χ1n) is 14.2. The number of rotatable bonds is 7. The van der Waals surface area contributed by atoms with E-state index >= 15 is 0 Å². The number of anilines is 3. The first-order valence-corrected chi connectivity index (χ1v) is 13.2.